The second kappa shape index (κ2) is 6.53. The monoisotopic (exact) mass is 359 g/mol. The van der Waals surface area contributed by atoms with Gasteiger partial charge >= 0.3 is 0 Å². The fourth-order valence-electron chi connectivity index (χ4n) is 4.02. The molecule has 26 heavy (non-hydrogen) atoms. The molecule has 3 aliphatic rings. The van der Waals surface area contributed by atoms with E-state index in [4.69, 9.17) is 18.7 Å². The maximum atomic E-state index is 10.2. The van der Waals surface area contributed by atoms with Crippen LogP contribution in [0.4, 0.5) is 0 Å². The van der Waals surface area contributed by atoms with Gasteiger partial charge in [0.25, 0.3) is 0 Å². The molecule has 0 amide bonds. The van der Waals surface area contributed by atoms with Crippen molar-refractivity contribution in [3.63, 3.8) is 0 Å². The SMILES string of the molecule is OC1CC(c2nc(-c3ccc4c(c3)OCO4)no2)N(C2CCOCC2)C1. The molecule has 0 spiro atoms. The molecule has 0 bridgehead atoms. The third kappa shape index (κ3) is 2.84. The molecule has 2 saturated heterocycles. The lowest BCUT2D eigenvalue weighted by atomic mass is 10.1. The van der Waals surface area contributed by atoms with Crippen LogP contribution in [-0.4, -0.2) is 58.8 Å². The summed E-state index contributed by atoms with van der Waals surface area (Å²) >= 11 is 0. The highest BCUT2D eigenvalue weighted by molar-refractivity contribution is 5.61. The molecule has 0 radical (unpaired) electrons. The molecule has 5 rings (SSSR count). The van der Waals surface area contributed by atoms with E-state index in [9.17, 15) is 5.11 Å². The molecule has 0 saturated carbocycles. The molecular formula is C18H21N3O5. The smallest absolute Gasteiger partial charge is 0.244 e. The molecule has 138 valence electrons. The zero-order valence-corrected chi connectivity index (χ0v) is 14.3. The van der Waals surface area contributed by atoms with E-state index >= 15 is 0 Å². The maximum absolute atomic E-state index is 10.2. The summed E-state index contributed by atoms with van der Waals surface area (Å²) < 4.78 is 21.8. The number of β-amino-alcohol motifs (C(OH)–C–C–N with tert-alkyl or cyclic N) is 1. The van der Waals surface area contributed by atoms with Crippen LogP contribution < -0.4 is 9.47 Å². The summed E-state index contributed by atoms with van der Waals surface area (Å²) in [6.07, 6.45) is 2.17. The summed E-state index contributed by atoms with van der Waals surface area (Å²) in [6.45, 7) is 2.39. The molecular weight excluding hydrogens is 338 g/mol. The Morgan fingerprint density at radius 1 is 1.12 bits per heavy atom. The quantitative estimate of drug-likeness (QED) is 0.886. The zero-order chi connectivity index (χ0) is 17.5. The molecule has 3 aliphatic heterocycles. The van der Waals surface area contributed by atoms with E-state index in [0.29, 0.717) is 36.5 Å². The van der Waals surface area contributed by atoms with Crippen molar-refractivity contribution in [2.45, 2.75) is 37.5 Å². The molecule has 1 N–H and O–H groups in total. The first-order valence-electron chi connectivity index (χ1n) is 9.03. The average Bonchev–Trinajstić information content (AvgIpc) is 3.40. The standard InChI is InChI=1S/C18H21N3O5/c22-13-8-14(21(9-13)12-3-5-23-6-4-12)18-19-17(20-26-18)11-1-2-15-16(7-11)25-10-24-15/h1-2,7,12-14,22H,3-6,8-10H2. The number of hydrogen-bond donors (Lipinski definition) is 1. The summed E-state index contributed by atoms with van der Waals surface area (Å²) in [5.74, 6) is 2.49. The topological polar surface area (TPSA) is 90.1 Å². The van der Waals surface area contributed by atoms with Crippen molar-refractivity contribution >= 4 is 0 Å². The minimum absolute atomic E-state index is 0.0524. The maximum Gasteiger partial charge on any atom is 0.244 e. The predicted molar refractivity (Wildman–Crippen MR) is 89.8 cm³/mol. The average molecular weight is 359 g/mol. The Labute approximate surface area is 150 Å². The lowest BCUT2D eigenvalue weighted by molar-refractivity contribution is 0.0214. The van der Waals surface area contributed by atoms with E-state index in [1.807, 2.05) is 18.2 Å². The molecule has 2 aromatic rings. The first kappa shape index (κ1) is 16.0. The Hall–Kier alpha value is -2.16. The third-order valence-electron chi connectivity index (χ3n) is 5.33. The van der Waals surface area contributed by atoms with Crippen molar-refractivity contribution in [2.75, 3.05) is 26.6 Å². The number of benzene rings is 1. The molecule has 0 aliphatic carbocycles. The highest BCUT2D eigenvalue weighted by atomic mass is 16.7. The van der Waals surface area contributed by atoms with Crippen LogP contribution in [0, 0.1) is 0 Å². The number of nitrogens with zero attached hydrogens (tertiary/aromatic N) is 3. The predicted octanol–water partition coefficient (Wildman–Crippen LogP) is 1.75. The van der Waals surface area contributed by atoms with E-state index < -0.39 is 0 Å². The lowest BCUT2D eigenvalue weighted by Gasteiger charge is -2.33. The van der Waals surface area contributed by atoms with Crippen molar-refractivity contribution in [1.29, 1.82) is 0 Å². The van der Waals surface area contributed by atoms with Crippen LogP contribution in [0.2, 0.25) is 0 Å². The highest BCUT2D eigenvalue weighted by Crippen LogP contribution is 2.38. The fraction of sp³-hybridized carbons (Fsp3) is 0.556. The van der Waals surface area contributed by atoms with Gasteiger partial charge in [-0.1, -0.05) is 5.16 Å². The van der Waals surface area contributed by atoms with Crippen molar-refractivity contribution in [2.24, 2.45) is 0 Å². The normalized spacial score (nSPS) is 26.5. The number of aromatic nitrogens is 2. The minimum Gasteiger partial charge on any atom is -0.454 e. The molecule has 8 nitrogen and oxygen atoms in total. The van der Waals surface area contributed by atoms with Crippen molar-refractivity contribution in [1.82, 2.24) is 15.0 Å². The second-order valence-electron chi connectivity index (χ2n) is 6.97. The van der Waals surface area contributed by atoms with Gasteiger partial charge in [-0.2, -0.15) is 4.98 Å². The first-order chi connectivity index (χ1) is 12.8. The van der Waals surface area contributed by atoms with Crippen LogP contribution in [0.25, 0.3) is 11.4 Å². The van der Waals surface area contributed by atoms with Crippen molar-refractivity contribution in [3.8, 4) is 22.9 Å². The summed E-state index contributed by atoms with van der Waals surface area (Å²) in [7, 11) is 0. The van der Waals surface area contributed by atoms with Gasteiger partial charge in [0, 0.05) is 31.4 Å². The summed E-state index contributed by atoms with van der Waals surface area (Å²) in [4.78, 5) is 6.91. The van der Waals surface area contributed by atoms with Gasteiger partial charge in [0.1, 0.15) is 0 Å². The largest absolute Gasteiger partial charge is 0.454 e. The molecule has 2 unspecified atom stereocenters. The van der Waals surface area contributed by atoms with Crippen molar-refractivity contribution < 1.29 is 23.8 Å². The Balaban J connectivity index is 1.40. The van der Waals surface area contributed by atoms with E-state index in [0.717, 1.165) is 37.4 Å². The van der Waals surface area contributed by atoms with E-state index in [1.54, 1.807) is 0 Å². The number of rotatable bonds is 3. The van der Waals surface area contributed by atoms with Gasteiger partial charge in [-0.05, 0) is 37.5 Å². The lowest BCUT2D eigenvalue weighted by Crippen LogP contribution is -2.39. The molecule has 4 heterocycles. The number of likely N-dealkylation sites (tertiary alicyclic amines) is 1. The first-order valence-corrected chi connectivity index (χ1v) is 9.03. The molecule has 1 aromatic carbocycles. The Kier molecular flexibility index (Phi) is 4.03. The number of aliphatic hydroxyl groups is 1. The summed E-state index contributed by atoms with van der Waals surface area (Å²) in [5, 5.41) is 14.3. The molecule has 2 fully saturated rings. The third-order valence-corrected chi connectivity index (χ3v) is 5.33. The molecule has 2 atom stereocenters. The zero-order valence-electron chi connectivity index (χ0n) is 14.3. The van der Waals surface area contributed by atoms with Gasteiger partial charge in [0.05, 0.1) is 12.1 Å². The highest BCUT2D eigenvalue weighted by Gasteiger charge is 2.40. The van der Waals surface area contributed by atoms with Gasteiger partial charge in [-0.3, -0.25) is 4.90 Å². The summed E-state index contributed by atoms with van der Waals surface area (Å²) in [6, 6.07) is 5.93. The number of fused-ring (bicyclic) bond motifs is 1. The second-order valence-corrected chi connectivity index (χ2v) is 6.97. The van der Waals surface area contributed by atoms with Gasteiger partial charge in [-0.25, -0.2) is 0 Å². The number of aliphatic hydroxyl groups excluding tert-OH is 1. The number of hydrogen-bond acceptors (Lipinski definition) is 8. The molecule has 1 aromatic heterocycles. The van der Waals surface area contributed by atoms with Gasteiger partial charge in [0.2, 0.25) is 18.5 Å². The van der Waals surface area contributed by atoms with E-state index in [1.165, 1.54) is 0 Å². The Morgan fingerprint density at radius 3 is 2.85 bits per heavy atom. The summed E-state index contributed by atoms with van der Waals surface area (Å²) in [5.41, 5.74) is 0.820. The van der Waals surface area contributed by atoms with Crippen LogP contribution in [-0.2, 0) is 4.74 Å². The fourth-order valence-corrected chi connectivity index (χ4v) is 4.02. The Bertz CT molecular complexity index is 789. The van der Waals surface area contributed by atoms with Crippen LogP contribution >= 0.6 is 0 Å². The molecule has 8 heteroatoms. The minimum atomic E-state index is -0.372. The van der Waals surface area contributed by atoms with Crippen LogP contribution in [0.3, 0.4) is 0 Å². The van der Waals surface area contributed by atoms with Gasteiger partial charge in [-0.15, -0.1) is 0 Å². The van der Waals surface area contributed by atoms with Crippen LogP contribution in [0.5, 0.6) is 11.5 Å². The van der Waals surface area contributed by atoms with Gasteiger partial charge < -0.3 is 23.8 Å². The Morgan fingerprint density at radius 2 is 1.96 bits per heavy atom. The van der Waals surface area contributed by atoms with Crippen LogP contribution in [0.15, 0.2) is 22.7 Å². The van der Waals surface area contributed by atoms with Crippen LogP contribution in [0.1, 0.15) is 31.2 Å². The number of ether oxygens (including phenoxy) is 3. The van der Waals surface area contributed by atoms with E-state index in [-0.39, 0.29) is 18.9 Å². The van der Waals surface area contributed by atoms with E-state index in [2.05, 4.69) is 15.0 Å². The van der Waals surface area contributed by atoms with Crippen molar-refractivity contribution in [3.05, 3.63) is 24.1 Å². The van der Waals surface area contributed by atoms with Gasteiger partial charge in [0.15, 0.2) is 11.5 Å².